The Morgan fingerprint density at radius 1 is 1.00 bits per heavy atom. The molecule has 1 aliphatic heterocycles. The largest absolute Gasteiger partial charge is 0.418 e. The lowest BCUT2D eigenvalue weighted by atomic mass is 10.2. The van der Waals surface area contributed by atoms with Gasteiger partial charge in [-0.05, 0) is 24.3 Å². The summed E-state index contributed by atoms with van der Waals surface area (Å²) in [4.78, 5) is 13.0. The molecule has 26 heavy (non-hydrogen) atoms. The quantitative estimate of drug-likeness (QED) is 0.689. The number of anilines is 1. The van der Waals surface area contributed by atoms with Crippen LogP contribution in [-0.4, -0.2) is 41.0 Å². The first-order valence-corrected chi connectivity index (χ1v) is 9.16. The van der Waals surface area contributed by atoms with Crippen LogP contribution in [0.4, 0.5) is 18.3 Å². The van der Waals surface area contributed by atoms with Gasteiger partial charge in [-0.25, -0.2) is 4.98 Å². The van der Waals surface area contributed by atoms with Crippen LogP contribution >= 0.6 is 11.3 Å². The Morgan fingerprint density at radius 3 is 2.50 bits per heavy atom. The average molecular weight is 378 g/mol. The van der Waals surface area contributed by atoms with Gasteiger partial charge in [0, 0.05) is 38.9 Å². The molecule has 3 heterocycles. The lowest BCUT2D eigenvalue weighted by Gasteiger charge is -2.34. The van der Waals surface area contributed by atoms with Gasteiger partial charge in [-0.15, -0.1) is 0 Å². The second-order valence-corrected chi connectivity index (χ2v) is 7.24. The van der Waals surface area contributed by atoms with E-state index in [1.165, 1.54) is 17.4 Å². The van der Waals surface area contributed by atoms with E-state index in [4.69, 9.17) is 0 Å². The van der Waals surface area contributed by atoms with Gasteiger partial charge in [-0.2, -0.15) is 13.2 Å². The molecule has 1 aromatic carbocycles. The second kappa shape index (κ2) is 6.85. The van der Waals surface area contributed by atoms with Gasteiger partial charge in [0.05, 0.1) is 21.5 Å². The van der Waals surface area contributed by atoms with Gasteiger partial charge in [0.2, 0.25) is 0 Å². The van der Waals surface area contributed by atoms with E-state index in [0.29, 0.717) is 9.83 Å². The van der Waals surface area contributed by atoms with Crippen LogP contribution in [0.3, 0.4) is 0 Å². The molecule has 0 saturated carbocycles. The molecule has 0 spiro atoms. The SMILES string of the molecule is FC(F)(F)c1cccc2sc(N3CCN(Cc4ccccn4)CC3)nc12. The maximum absolute atomic E-state index is 13.2. The van der Waals surface area contributed by atoms with Gasteiger partial charge >= 0.3 is 6.18 Å². The first kappa shape index (κ1) is 17.2. The van der Waals surface area contributed by atoms with Crippen LogP contribution in [0, 0.1) is 0 Å². The summed E-state index contributed by atoms with van der Waals surface area (Å²) in [5, 5.41) is 0.661. The van der Waals surface area contributed by atoms with Crippen molar-refractivity contribution in [2.75, 3.05) is 31.1 Å². The summed E-state index contributed by atoms with van der Waals surface area (Å²) < 4.78 is 40.1. The zero-order valence-corrected chi connectivity index (χ0v) is 14.7. The van der Waals surface area contributed by atoms with Crippen LogP contribution in [0.5, 0.6) is 0 Å². The third-order valence-electron chi connectivity index (χ3n) is 4.47. The molecule has 0 aliphatic carbocycles. The number of piperazine rings is 1. The van der Waals surface area contributed by atoms with Gasteiger partial charge in [0.15, 0.2) is 5.13 Å². The number of fused-ring (bicyclic) bond motifs is 1. The number of thiazole rings is 1. The maximum Gasteiger partial charge on any atom is 0.418 e. The average Bonchev–Trinajstić information content (AvgIpc) is 3.06. The minimum Gasteiger partial charge on any atom is -0.345 e. The molecule has 2 aromatic heterocycles. The lowest BCUT2D eigenvalue weighted by Crippen LogP contribution is -2.46. The molecule has 0 unspecified atom stereocenters. The van der Waals surface area contributed by atoms with E-state index in [1.54, 1.807) is 12.3 Å². The Balaban J connectivity index is 1.48. The Kier molecular flexibility index (Phi) is 4.54. The second-order valence-electron chi connectivity index (χ2n) is 6.23. The number of hydrogen-bond donors (Lipinski definition) is 0. The number of rotatable bonds is 3. The predicted octanol–water partition coefficient (Wildman–Crippen LogP) is 4.03. The van der Waals surface area contributed by atoms with Gasteiger partial charge in [-0.3, -0.25) is 9.88 Å². The number of alkyl halides is 3. The number of pyridine rings is 1. The van der Waals surface area contributed by atoms with E-state index < -0.39 is 11.7 Å². The Morgan fingerprint density at radius 2 is 1.81 bits per heavy atom. The van der Waals surface area contributed by atoms with E-state index in [0.717, 1.165) is 44.5 Å². The summed E-state index contributed by atoms with van der Waals surface area (Å²) in [6.07, 6.45) is -2.60. The van der Waals surface area contributed by atoms with Crippen molar-refractivity contribution >= 4 is 26.7 Å². The van der Waals surface area contributed by atoms with Crippen molar-refractivity contribution in [3.05, 3.63) is 53.9 Å². The highest BCUT2D eigenvalue weighted by atomic mass is 32.1. The van der Waals surface area contributed by atoms with Crippen LogP contribution in [0.2, 0.25) is 0 Å². The Hall–Kier alpha value is -2.19. The third-order valence-corrected chi connectivity index (χ3v) is 5.55. The maximum atomic E-state index is 13.2. The van der Waals surface area contributed by atoms with Gasteiger partial charge in [0.1, 0.15) is 0 Å². The zero-order valence-electron chi connectivity index (χ0n) is 13.9. The molecule has 3 aromatic rings. The minimum absolute atomic E-state index is 0.0518. The summed E-state index contributed by atoms with van der Waals surface area (Å²) in [6, 6.07) is 10.1. The van der Waals surface area contributed by atoms with E-state index in [1.807, 2.05) is 18.2 Å². The predicted molar refractivity (Wildman–Crippen MR) is 96.3 cm³/mol. The molecule has 1 saturated heterocycles. The monoisotopic (exact) mass is 378 g/mol. The van der Waals surface area contributed by atoms with Crippen molar-refractivity contribution < 1.29 is 13.2 Å². The number of aromatic nitrogens is 2. The van der Waals surface area contributed by atoms with E-state index in [9.17, 15) is 13.2 Å². The molecule has 1 aliphatic rings. The fourth-order valence-corrected chi connectivity index (χ4v) is 4.16. The molecule has 0 N–H and O–H groups in total. The molecule has 4 rings (SSSR count). The van der Waals surface area contributed by atoms with Crippen LogP contribution in [0.25, 0.3) is 10.2 Å². The third kappa shape index (κ3) is 3.52. The molecule has 0 bridgehead atoms. The molecule has 1 fully saturated rings. The van der Waals surface area contributed by atoms with Gasteiger partial charge in [0.25, 0.3) is 0 Å². The number of hydrogen-bond acceptors (Lipinski definition) is 5. The fraction of sp³-hybridized carbons (Fsp3) is 0.333. The van der Waals surface area contributed by atoms with Gasteiger partial charge < -0.3 is 4.90 Å². The summed E-state index contributed by atoms with van der Waals surface area (Å²) in [5.41, 5.74) is 0.415. The first-order valence-electron chi connectivity index (χ1n) is 8.35. The summed E-state index contributed by atoms with van der Waals surface area (Å²) >= 11 is 1.32. The Labute approximate surface area is 152 Å². The Bertz CT molecular complexity index is 886. The van der Waals surface area contributed by atoms with Crippen molar-refractivity contribution in [2.24, 2.45) is 0 Å². The summed E-state index contributed by atoms with van der Waals surface area (Å²) in [7, 11) is 0. The number of halogens is 3. The minimum atomic E-state index is -4.38. The van der Waals surface area contributed by atoms with E-state index in [-0.39, 0.29) is 5.52 Å². The highest BCUT2D eigenvalue weighted by Crippen LogP contribution is 2.38. The number of benzene rings is 1. The first-order chi connectivity index (χ1) is 12.5. The highest BCUT2D eigenvalue weighted by Gasteiger charge is 2.34. The van der Waals surface area contributed by atoms with Gasteiger partial charge in [-0.1, -0.05) is 23.5 Å². The van der Waals surface area contributed by atoms with Crippen LogP contribution in [-0.2, 0) is 12.7 Å². The van der Waals surface area contributed by atoms with Crippen LogP contribution in [0.1, 0.15) is 11.3 Å². The summed E-state index contributed by atoms with van der Waals surface area (Å²) in [5.74, 6) is 0. The molecule has 4 nitrogen and oxygen atoms in total. The zero-order chi connectivity index (χ0) is 18.1. The summed E-state index contributed by atoms with van der Waals surface area (Å²) in [6.45, 7) is 3.94. The van der Waals surface area contributed by atoms with Crippen molar-refractivity contribution in [1.29, 1.82) is 0 Å². The fourth-order valence-electron chi connectivity index (χ4n) is 3.12. The van der Waals surface area contributed by atoms with E-state index in [2.05, 4.69) is 19.8 Å². The molecule has 8 heteroatoms. The van der Waals surface area contributed by atoms with E-state index >= 15 is 0 Å². The topological polar surface area (TPSA) is 32.3 Å². The highest BCUT2D eigenvalue weighted by molar-refractivity contribution is 7.22. The number of para-hydroxylation sites is 1. The van der Waals surface area contributed by atoms with Crippen molar-refractivity contribution in [3.63, 3.8) is 0 Å². The standard InChI is InChI=1S/C18H17F3N4S/c19-18(20,21)14-5-3-6-15-16(14)23-17(26-15)25-10-8-24(9-11-25)12-13-4-1-2-7-22-13/h1-7H,8-12H2. The molecular formula is C18H17F3N4S. The molecule has 0 amide bonds. The molecule has 0 atom stereocenters. The van der Waals surface area contributed by atoms with Crippen molar-refractivity contribution in [1.82, 2.24) is 14.9 Å². The van der Waals surface area contributed by atoms with Crippen molar-refractivity contribution in [3.8, 4) is 0 Å². The molecule has 0 radical (unpaired) electrons. The lowest BCUT2D eigenvalue weighted by molar-refractivity contribution is -0.136. The number of nitrogens with zero attached hydrogens (tertiary/aromatic N) is 4. The smallest absolute Gasteiger partial charge is 0.345 e. The normalized spacial score (nSPS) is 16.3. The van der Waals surface area contributed by atoms with Crippen LogP contribution in [0.15, 0.2) is 42.6 Å². The molecule has 136 valence electrons. The van der Waals surface area contributed by atoms with Crippen LogP contribution < -0.4 is 4.90 Å². The molecular weight excluding hydrogens is 361 g/mol. The van der Waals surface area contributed by atoms with Crippen molar-refractivity contribution in [2.45, 2.75) is 12.7 Å².